The van der Waals surface area contributed by atoms with Gasteiger partial charge in [0.1, 0.15) is 77.7 Å². The first-order valence-electron chi connectivity index (χ1n) is 41.9. The van der Waals surface area contributed by atoms with Crippen molar-refractivity contribution in [1.82, 2.24) is 61.7 Å². The molecule has 0 spiro atoms. The number of carbonyl (C=O) groups excluding carboxylic acids is 12. The van der Waals surface area contributed by atoms with Gasteiger partial charge in [-0.25, -0.2) is 4.79 Å². The van der Waals surface area contributed by atoms with Gasteiger partial charge in [-0.2, -0.15) is 0 Å². The lowest BCUT2D eigenvalue weighted by molar-refractivity contribution is -0.151. The summed E-state index contributed by atoms with van der Waals surface area (Å²) in [4.78, 5) is 208. The maximum absolute atomic E-state index is 16.3. The minimum atomic E-state index is -1.86. The van der Waals surface area contributed by atoms with Gasteiger partial charge in [-0.3, -0.25) is 62.3 Å². The van der Waals surface area contributed by atoms with Crippen molar-refractivity contribution < 1.29 is 86.8 Å². The van der Waals surface area contributed by atoms with E-state index in [2.05, 4.69) is 37.2 Å². The van der Waals surface area contributed by atoms with Crippen LogP contribution >= 0.6 is 0 Å². The highest BCUT2D eigenvalue weighted by Crippen LogP contribution is 2.42. The van der Waals surface area contributed by atoms with Crippen molar-refractivity contribution >= 4 is 83.0 Å². The first kappa shape index (κ1) is 100. The molecule has 6 aromatic rings. The van der Waals surface area contributed by atoms with Crippen LogP contribution < -0.4 is 37.2 Å². The van der Waals surface area contributed by atoms with Crippen LogP contribution in [0.5, 0.6) is 0 Å². The van der Waals surface area contributed by atoms with Gasteiger partial charge in [-0.15, -0.1) is 0 Å². The molecule has 12 amide bonds. The molecule has 6 rings (SSSR count). The second-order valence-corrected chi connectivity index (χ2v) is 34.1. The molecule has 670 valence electrons. The molecule has 0 aliphatic carbocycles. The Labute approximate surface area is 728 Å². The van der Waals surface area contributed by atoms with Gasteiger partial charge in [0.05, 0.1) is 19.1 Å². The molecule has 0 saturated heterocycles. The predicted octanol–water partition coefficient (Wildman–Crippen LogP) is 7.68. The van der Waals surface area contributed by atoms with Crippen molar-refractivity contribution in [3.05, 3.63) is 215 Å². The molecule has 0 heterocycles. The van der Waals surface area contributed by atoms with E-state index in [0.29, 0.717) is 33.4 Å². The lowest BCUT2D eigenvalue weighted by atomic mass is 9.79. The van der Waals surface area contributed by atoms with Crippen molar-refractivity contribution in [2.45, 2.75) is 219 Å². The number of alkyl carbamates (subject to hydrolysis) is 1. The van der Waals surface area contributed by atoms with Crippen molar-refractivity contribution in [1.29, 1.82) is 0 Å². The summed E-state index contributed by atoms with van der Waals surface area (Å²) in [6.45, 7) is 22.6. The Bertz CT molecular complexity index is 4480. The van der Waals surface area contributed by atoms with Gasteiger partial charge in [0.2, 0.25) is 65.0 Å². The van der Waals surface area contributed by atoms with Gasteiger partial charge < -0.3 is 81.4 Å². The second kappa shape index (κ2) is 46.8. The van der Waals surface area contributed by atoms with Crippen LogP contribution in [-0.4, -0.2) is 238 Å². The van der Waals surface area contributed by atoms with Crippen molar-refractivity contribution in [3.63, 3.8) is 0 Å². The maximum atomic E-state index is 16.3. The first-order valence-corrected chi connectivity index (χ1v) is 41.9. The van der Waals surface area contributed by atoms with Gasteiger partial charge >= 0.3 is 18.0 Å². The normalized spacial score (nSPS) is 14.4. The molecule has 0 aliphatic heterocycles. The van der Waals surface area contributed by atoms with E-state index in [-0.39, 0.29) is 43.9 Å². The van der Waals surface area contributed by atoms with Crippen LogP contribution in [0.2, 0.25) is 0 Å². The third-order valence-electron chi connectivity index (χ3n) is 21.4. The van der Waals surface area contributed by atoms with E-state index in [1.54, 1.807) is 146 Å². The SMILES string of the molecule is CC(C)C[C@@H](C(=O)N(C)[C@H](C(=O)N[C@@H](Cc1ccccc1)C(=O)N[C@@H](CC(=O)O)C(=O)N(C)[C@@H](Cc1ccccc1)C(=O)N[C@@H](C)C(=O)O)C(C)C)N(C)C(=O)CNC(=O)[C@H](Cc1ccccc1)N(C)C(=O)[C@@H](NC(=O)[C@H](CC(C)C)N(C)C(=O)[C@@H](NC(=O)[C@H](C)NC(=O)OC(C)(C)C)C(C)C)[C@@H](C)OC(c1ccccc1)(c1ccccc1)c1ccccc1. The van der Waals surface area contributed by atoms with Crippen LogP contribution in [0, 0.1) is 23.7 Å². The summed E-state index contributed by atoms with van der Waals surface area (Å²) in [5.41, 5.74) is 1.19. The highest BCUT2D eigenvalue weighted by molar-refractivity contribution is 6.00. The molecule has 6 aromatic carbocycles. The lowest BCUT2D eigenvalue weighted by Gasteiger charge is -2.41. The Morgan fingerprint density at radius 3 is 1.19 bits per heavy atom. The molecule has 30 nitrogen and oxygen atoms in total. The average molecular weight is 1710 g/mol. The summed E-state index contributed by atoms with van der Waals surface area (Å²) in [5.74, 6) is -13.8. The molecular formula is C94H126N12O18. The van der Waals surface area contributed by atoms with Gasteiger partial charge in [0.25, 0.3) is 0 Å². The van der Waals surface area contributed by atoms with Crippen molar-refractivity contribution in [3.8, 4) is 0 Å². The summed E-state index contributed by atoms with van der Waals surface area (Å²) in [6.07, 6.45) is -3.64. The van der Waals surface area contributed by atoms with Gasteiger partial charge in [0, 0.05) is 54.5 Å². The number of hydrogen-bond acceptors (Lipinski definition) is 16. The molecule has 0 radical (unpaired) electrons. The number of aliphatic carboxylic acids is 2. The molecule has 0 unspecified atom stereocenters. The first-order chi connectivity index (χ1) is 58.4. The molecule has 0 bridgehead atoms. The molecule has 0 aromatic heterocycles. The van der Waals surface area contributed by atoms with E-state index in [1.165, 1.54) is 54.0 Å². The van der Waals surface area contributed by atoms with E-state index in [4.69, 9.17) is 9.47 Å². The predicted molar refractivity (Wildman–Crippen MR) is 469 cm³/mol. The number of carboxylic acids is 2. The average Bonchev–Trinajstić information content (AvgIpc) is 0.747. The standard InChI is InChI=1S/C94H126N12O18/c1-57(2)50-72(104(17)89(118)78(59(5)6)100-81(110)61(9)97-92(122)124-93(12,13)14)85(114)101-79(63(11)123-94(67-44-32-23-33-45-67,68-46-34-24-35-47-68)69-48-36-25-37-49-69)90(119)105(18)73(53-65-40-28-21-29-41-65)83(112)95-56-76(107)102(15)75(51-58(3)4)88(117)106(19)80(60(7)8)86(115)98-70(52-64-38-26-20-27-39-64)82(111)99-71(55-77(108)109)87(116)103(16)74(54-66-42-30-22-31-43-66)84(113)96-62(10)91(120)121/h20-49,57-63,70-75,78-80H,50-56H2,1-19H3,(H,95,112)(H,96,113)(H,97,122)(H,98,115)(H,99,111)(H,100,110)(H,101,114)(H,108,109)(H,120,121)/t61-,62-,63+,70-,71-,72-,73-,74-,75-,78-,79-,80-/m0/s1. The zero-order valence-corrected chi connectivity index (χ0v) is 74.7. The zero-order chi connectivity index (χ0) is 92.2. The maximum Gasteiger partial charge on any atom is 0.408 e. The summed E-state index contributed by atoms with van der Waals surface area (Å²) < 4.78 is 12.9. The van der Waals surface area contributed by atoms with Crippen LogP contribution in [0.15, 0.2) is 182 Å². The molecule has 0 saturated carbocycles. The molecule has 0 fully saturated rings. The Hall–Kier alpha value is -12.3. The second-order valence-electron chi connectivity index (χ2n) is 34.1. The Morgan fingerprint density at radius 1 is 0.371 bits per heavy atom. The number of carboxylic acid groups (broad SMARTS) is 2. The Kier molecular flexibility index (Phi) is 37.9. The molecule has 30 heteroatoms. The van der Waals surface area contributed by atoms with Crippen LogP contribution in [0.4, 0.5) is 4.79 Å². The number of carbonyl (C=O) groups is 14. The zero-order valence-electron chi connectivity index (χ0n) is 74.7. The van der Waals surface area contributed by atoms with Gasteiger partial charge in [0.15, 0.2) is 0 Å². The van der Waals surface area contributed by atoms with Gasteiger partial charge in [-0.05, 0) is 111 Å². The fourth-order valence-corrected chi connectivity index (χ4v) is 14.6. The quantitative estimate of drug-likeness (QED) is 0.0165. The van der Waals surface area contributed by atoms with E-state index < -0.39 is 192 Å². The molecular weight excluding hydrogens is 1590 g/mol. The van der Waals surface area contributed by atoms with E-state index in [0.717, 1.165) is 19.6 Å². The number of rotatable bonds is 44. The highest BCUT2D eigenvalue weighted by Gasteiger charge is 2.47. The fraction of sp³-hybridized carbons (Fsp3) is 0.468. The topological polar surface area (TPSA) is 398 Å². The monoisotopic (exact) mass is 1710 g/mol. The molecule has 124 heavy (non-hydrogen) atoms. The summed E-state index contributed by atoms with van der Waals surface area (Å²) >= 11 is 0. The third kappa shape index (κ3) is 28.6. The van der Waals surface area contributed by atoms with E-state index in [9.17, 15) is 48.6 Å². The minimum Gasteiger partial charge on any atom is -0.481 e. The van der Waals surface area contributed by atoms with E-state index in [1.807, 2.05) is 119 Å². The van der Waals surface area contributed by atoms with Crippen LogP contribution in [0.25, 0.3) is 0 Å². The Balaban J connectivity index is 1.35. The summed E-state index contributed by atoms with van der Waals surface area (Å²) in [5, 5.41) is 38.5. The van der Waals surface area contributed by atoms with Crippen LogP contribution in [0.1, 0.15) is 150 Å². The number of nitrogens with zero attached hydrogens (tertiary/aromatic N) is 5. The summed E-state index contributed by atoms with van der Waals surface area (Å²) in [6, 6.07) is 37.7. The molecule has 0 aliphatic rings. The fourth-order valence-electron chi connectivity index (χ4n) is 14.6. The highest BCUT2D eigenvalue weighted by atomic mass is 16.6. The molecule has 12 atom stereocenters. The lowest BCUT2D eigenvalue weighted by Crippen LogP contribution is -2.63. The van der Waals surface area contributed by atoms with Crippen LogP contribution in [-0.2, 0) is 96.7 Å². The number of hydrogen-bond donors (Lipinski definition) is 9. The summed E-state index contributed by atoms with van der Waals surface area (Å²) in [7, 11) is 6.75. The number of amides is 12. The molecule has 9 N–H and O–H groups in total. The number of nitrogens with one attached hydrogen (secondary N) is 7. The van der Waals surface area contributed by atoms with Gasteiger partial charge in [-0.1, -0.05) is 237 Å². The largest absolute Gasteiger partial charge is 0.481 e. The smallest absolute Gasteiger partial charge is 0.408 e. The Morgan fingerprint density at radius 2 is 0.766 bits per heavy atom. The minimum absolute atomic E-state index is 0.0251. The third-order valence-corrected chi connectivity index (χ3v) is 21.4. The number of likely N-dealkylation sites (N-methyl/N-ethyl adjacent to an activating group) is 5. The van der Waals surface area contributed by atoms with Crippen molar-refractivity contribution in [2.75, 3.05) is 41.8 Å². The van der Waals surface area contributed by atoms with Crippen LogP contribution in [0.3, 0.4) is 0 Å². The van der Waals surface area contributed by atoms with Crippen molar-refractivity contribution in [2.24, 2.45) is 23.7 Å². The number of benzene rings is 6. The van der Waals surface area contributed by atoms with E-state index >= 15 is 28.8 Å². The number of ether oxygens (including phenoxy) is 2.